The molecule has 3 rings (SSSR count). The number of carbonyl (C=O) groups excluding carboxylic acids is 2. The van der Waals surface area contributed by atoms with Crippen LogP contribution in [0.4, 0.5) is 23.2 Å². The smallest absolute Gasteiger partial charge is 0.357 e. The van der Waals surface area contributed by atoms with E-state index in [2.05, 4.69) is 5.32 Å². The minimum absolute atomic E-state index is 0.0654. The van der Waals surface area contributed by atoms with Crippen LogP contribution in [0.5, 0.6) is 0 Å². The maximum absolute atomic E-state index is 13.7. The third-order valence-corrected chi connectivity index (χ3v) is 7.06. The minimum atomic E-state index is -4.74. The first kappa shape index (κ1) is 29.6. The summed E-state index contributed by atoms with van der Waals surface area (Å²) < 4.78 is 79.3. The summed E-state index contributed by atoms with van der Waals surface area (Å²) >= 11 is 0. The molecular weight excluding hydrogens is 538 g/mol. The number of hydrogen-bond donors (Lipinski definition) is 1. The Labute approximate surface area is 224 Å². The molecule has 0 heterocycles. The Kier molecular flexibility index (Phi) is 9.33. The van der Waals surface area contributed by atoms with Crippen molar-refractivity contribution in [3.8, 4) is 0 Å². The normalized spacial score (nSPS) is 12.5. The van der Waals surface area contributed by atoms with Crippen molar-refractivity contribution in [1.82, 2.24) is 10.2 Å². The molecular formula is C27H27F4N3O4S. The summed E-state index contributed by atoms with van der Waals surface area (Å²) in [7, 11) is -2.85. The summed E-state index contributed by atoms with van der Waals surface area (Å²) in [5.74, 6) is -1.90. The van der Waals surface area contributed by atoms with Crippen molar-refractivity contribution in [2.75, 3.05) is 24.2 Å². The number of likely N-dealkylation sites (N-methyl/N-ethyl adjacent to an activating group) is 1. The predicted molar refractivity (Wildman–Crippen MR) is 139 cm³/mol. The SMILES string of the molecule is CNC(=O)C(Cc1ccccc1)N(Cc1ccc(F)cc1)C(=O)CN(c1cccc(C(F)(F)F)c1)S(C)(=O)=O. The largest absolute Gasteiger partial charge is 0.416 e. The fourth-order valence-electron chi connectivity index (χ4n) is 3.96. The van der Waals surface area contributed by atoms with Crippen LogP contribution in [0.15, 0.2) is 78.9 Å². The number of alkyl halides is 3. The number of halogens is 4. The van der Waals surface area contributed by atoms with Gasteiger partial charge >= 0.3 is 6.18 Å². The van der Waals surface area contributed by atoms with Gasteiger partial charge in [0.05, 0.1) is 17.5 Å². The summed E-state index contributed by atoms with van der Waals surface area (Å²) in [5, 5.41) is 2.51. The van der Waals surface area contributed by atoms with E-state index >= 15 is 0 Å². The van der Waals surface area contributed by atoms with Crippen LogP contribution in [0.3, 0.4) is 0 Å². The van der Waals surface area contributed by atoms with Crippen LogP contribution in [-0.2, 0) is 38.8 Å². The minimum Gasteiger partial charge on any atom is -0.357 e. The van der Waals surface area contributed by atoms with Gasteiger partial charge in [-0.2, -0.15) is 13.2 Å². The molecule has 3 aromatic carbocycles. The zero-order chi connectivity index (χ0) is 28.8. The lowest BCUT2D eigenvalue weighted by molar-refractivity contribution is -0.139. The maximum atomic E-state index is 13.7. The lowest BCUT2D eigenvalue weighted by Crippen LogP contribution is -2.52. The fraction of sp³-hybridized carbons (Fsp3) is 0.259. The first-order valence-electron chi connectivity index (χ1n) is 11.7. The summed E-state index contributed by atoms with van der Waals surface area (Å²) in [5.41, 5.74) is -0.281. The average molecular weight is 566 g/mol. The van der Waals surface area contributed by atoms with Crippen molar-refractivity contribution in [3.63, 3.8) is 0 Å². The quantitative estimate of drug-likeness (QED) is 0.377. The van der Waals surface area contributed by atoms with Crippen molar-refractivity contribution >= 4 is 27.5 Å². The molecule has 0 aliphatic rings. The molecule has 0 bridgehead atoms. The zero-order valence-corrected chi connectivity index (χ0v) is 22.0. The van der Waals surface area contributed by atoms with E-state index in [1.807, 2.05) is 0 Å². The molecule has 12 heteroatoms. The van der Waals surface area contributed by atoms with Crippen molar-refractivity contribution in [2.24, 2.45) is 0 Å². The van der Waals surface area contributed by atoms with Crippen LogP contribution in [0.2, 0.25) is 0 Å². The second kappa shape index (κ2) is 12.3. The molecule has 39 heavy (non-hydrogen) atoms. The number of nitrogens with zero attached hydrogens (tertiary/aromatic N) is 2. The molecule has 1 atom stereocenters. The van der Waals surface area contributed by atoms with Crippen LogP contribution < -0.4 is 9.62 Å². The zero-order valence-electron chi connectivity index (χ0n) is 21.2. The lowest BCUT2D eigenvalue weighted by Gasteiger charge is -2.33. The molecule has 0 aliphatic carbocycles. The van der Waals surface area contributed by atoms with Gasteiger partial charge in [0.2, 0.25) is 21.8 Å². The molecule has 1 N–H and O–H groups in total. The third kappa shape index (κ3) is 8.03. The van der Waals surface area contributed by atoms with E-state index in [1.54, 1.807) is 30.3 Å². The summed E-state index contributed by atoms with van der Waals surface area (Å²) in [6.45, 7) is -1.06. The number of rotatable bonds is 10. The van der Waals surface area contributed by atoms with Gasteiger partial charge in [-0.15, -0.1) is 0 Å². The Morgan fingerprint density at radius 2 is 1.56 bits per heavy atom. The average Bonchev–Trinajstić information content (AvgIpc) is 2.89. The number of anilines is 1. The molecule has 2 amide bonds. The van der Waals surface area contributed by atoms with Gasteiger partial charge < -0.3 is 10.2 Å². The Morgan fingerprint density at radius 1 is 0.923 bits per heavy atom. The number of carbonyl (C=O) groups is 2. The number of nitrogens with one attached hydrogen (secondary N) is 1. The Bertz CT molecular complexity index is 1400. The molecule has 208 valence electrons. The third-order valence-electron chi connectivity index (χ3n) is 5.92. The Morgan fingerprint density at radius 3 is 2.13 bits per heavy atom. The second-order valence-corrected chi connectivity index (χ2v) is 10.7. The van der Waals surface area contributed by atoms with Crippen LogP contribution in [-0.4, -0.2) is 51.0 Å². The van der Waals surface area contributed by atoms with Gasteiger partial charge in [-0.05, 0) is 41.5 Å². The van der Waals surface area contributed by atoms with Crippen LogP contribution in [0.1, 0.15) is 16.7 Å². The van der Waals surface area contributed by atoms with Gasteiger partial charge in [0.1, 0.15) is 18.4 Å². The maximum Gasteiger partial charge on any atom is 0.416 e. The highest BCUT2D eigenvalue weighted by Gasteiger charge is 2.34. The molecule has 0 fully saturated rings. The topological polar surface area (TPSA) is 86.8 Å². The molecule has 0 saturated heterocycles. The van der Waals surface area contributed by atoms with E-state index in [1.165, 1.54) is 31.3 Å². The summed E-state index contributed by atoms with van der Waals surface area (Å²) in [4.78, 5) is 27.9. The number of benzene rings is 3. The highest BCUT2D eigenvalue weighted by atomic mass is 32.2. The number of hydrogen-bond acceptors (Lipinski definition) is 4. The highest BCUT2D eigenvalue weighted by molar-refractivity contribution is 7.92. The van der Waals surface area contributed by atoms with E-state index in [0.29, 0.717) is 21.5 Å². The van der Waals surface area contributed by atoms with E-state index in [9.17, 15) is 35.6 Å². The van der Waals surface area contributed by atoms with Gasteiger partial charge in [-0.25, -0.2) is 12.8 Å². The summed E-state index contributed by atoms with van der Waals surface area (Å²) in [6.07, 6.45) is -3.90. The molecule has 0 aliphatic heterocycles. The predicted octanol–water partition coefficient (Wildman–Crippen LogP) is 4.00. The summed E-state index contributed by atoms with van der Waals surface area (Å²) in [6, 6.07) is 16.5. The van der Waals surface area contributed by atoms with E-state index < -0.39 is 52.0 Å². The van der Waals surface area contributed by atoms with Crippen molar-refractivity contribution < 1.29 is 35.6 Å². The molecule has 0 saturated carbocycles. The monoisotopic (exact) mass is 565 g/mol. The number of amides is 2. The molecule has 3 aromatic rings. The van der Waals surface area contributed by atoms with Crippen molar-refractivity contribution in [3.05, 3.63) is 101 Å². The first-order chi connectivity index (χ1) is 18.3. The Hall–Kier alpha value is -3.93. The van der Waals surface area contributed by atoms with Gasteiger partial charge in [0, 0.05) is 20.0 Å². The standard InChI is InChI=1S/C27H27F4N3O4S/c1-32-26(36)24(15-19-7-4-3-5-8-19)33(17-20-11-13-22(28)14-12-20)25(35)18-34(39(2,37)38)23-10-6-9-21(16-23)27(29,30)31/h3-14,16,24H,15,17-18H2,1-2H3,(H,32,36). The first-order valence-corrected chi connectivity index (χ1v) is 13.6. The van der Waals surface area contributed by atoms with Gasteiger partial charge in [0.25, 0.3) is 0 Å². The molecule has 1 unspecified atom stereocenters. The van der Waals surface area contributed by atoms with Crippen LogP contribution in [0.25, 0.3) is 0 Å². The lowest BCUT2D eigenvalue weighted by atomic mass is 10.0. The van der Waals surface area contributed by atoms with E-state index in [0.717, 1.165) is 29.4 Å². The molecule has 0 aromatic heterocycles. The number of sulfonamides is 1. The van der Waals surface area contributed by atoms with E-state index in [-0.39, 0.29) is 18.7 Å². The van der Waals surface area contributed by atoms with Crippen LogP contribution >= 0.6 is 0 Å². The van der Waals surface area contributed by atoms with E-state index in [4.69, 9.17) is 0 Å². The Balaban J connectivity index is 2.04. The molecule has 0 radical (unpaired) electrons. The van der Waals surface area contributed by atoms with Gasteiger partial charge in [0.15, 0.2) is 0 Å². The highest BCUT2D eigenvalue weighted by Crippen LogP contribution is 2.32. The van der Waals surface area contributed by atoms with Gasteiger partial charge in [-0.3, -0.25) is 13.9 Å². The molecule has 0 spiro atoms. The van der Waals surface area contributed by atoms with Crippen molar-refractivity contribution in [1.29, 1.82) is 0 Å². The fourth-order valence-corrected chi connectivity index (χ4v) is 4.80. The van der Waals surface area contributed by atoms with Crippen LogP contribution in [0, 0.1) is 5.82 Å². The van der Waals surface area contributed by atoms with Crippen molar-refractivity contribution in [2.45, 2.75) is 25.2 Å². The molecule has 7 nitrogen and oxygen atoms in total. The van der Waals surface area contributed by atoms with Gasteiger partial charge in [-0.1, -0.05) is 48.5 Å². The second-order valence-electron chi connectivity index (χ2n) is 8.79.